The molecule has 1 aliphatic rings. The smallest absolute Gasteiger partial charge is 0.235 e. The molecule has 0 unspecified atom stereocenters. The van der Waals surface area contributed by atoms with Crippen molar-refractivity contribution in [1.82, 2.24) is 4.98 Å². The van der Waals surface area contributed by atoms with E-state index in [1.807, 2.05) is 42.5 Å². The fraction of sp³-hybridized carbons (Fsp3) is 0.318. The van der Waals surface area contributed by atoms with Crippen LogP contribution in [0.1, 0.15) is 30.2 Å². The molecule has 146 valence electrons. The third-order valence-electron chi connectivity index (χ3n) is 5.32. The second-order valence-corrected chi connectivity index (χ2v) is 9.20. The van der Waals surface area contributed by atoms with Crippen LogP contribution in [-0.2, 0) is 23.0 Å². The normalized spacial score (nSPS) is 15.9. The number of aromatic nitrogens is 1. The first-order valence-corrected chi connectivity index (χ1v) is 11.3. The molecule has 5 nitrogen and oxygen atoms in total. The molecule has 28 heavy (non-hydrogen) atoms. The fourth-order valence-electron chi connectivity index (χ4n) is 3.95. The number of benzene rings is 2. The predicted molar refractivity (Wildman–Crippen MR) is 115 cm³/mol. The molecule has 0 atom stereocenters. The zero-order valence-electron chi connectivity index (χ0n) is 16.3. The molecule has 0 aliphatic carbocycles. The lowest BCUT2D eigenvalue weighted by Crippen LogP contribution is -2.25. The standard InChI is InChI=1S/C22H25N3O2S/c1-3-19-16(2)24-21-11-5-4-10-20(21)22(19)23-15-17-8-6-9-18(14-17)25-12-7-13-28(25,26)27/h4-6,8-11,14H,3,7,12-13,15H2,1-2H3,(H,23,24). The first-order chi connectivity index (χ1) is 13.5. The van der Waals surface area contributed by atoms with E-state index >= 15 is 0 Å². The van der Waals surface area contributed by atoms with Crippen molar-refractivity contribution < 1.29 is 8.42 Å². The summed E-state index contributed by atoms with van der Waals surface area (Å²) in [6.45, 7) is 5.38. The van der Waals surface area contributed by atoms with Gasteiger partial charge in [0.15, 0.2) is 0 Å². The fourth-order valence-corrected chi connectivity index (χ4v) is 5.51. The van der Waals surface area contributed by atoms with Crippen LogP contribution >= 0.6 is 0 Å². The Kier molecular flexibility index (Phi) is 4.98. The Morgan fingerprint density at radius 2 is 1.96 bits per heavy atom. The van der Waals surface area contributed by atoms with E-state index in [4.69, 9.17) is 4.98 Å². The molecule has 1 aromatic heterocycles. The molecular weight excluding hydrogens is 370 g/mol. The number of nitrogens with one attached hydrogen (secondary N) is 1. The molecule has 4 rings (SSSR count). The van der Waals surface area contributed by atoms with Crippen molar-refractivity contribution in [1.29, 1.82) is 0 Å². The summed E-state index contributed by atoms with van der Waals surface area (Å²) in [6.07, 6.45) is 1.59. The van der Waals surface area contributed by atoms with Crippen molar-refractivity contribution in [3.63, 3.8) is 0 Å². The zero-order chi connectivity index (χ0) is 19.7. The van der Waals surface area contributed by atoms with Gasteiger partial charge in [0.2, 0.25) is 10.0 Å². The highest BCUT2D eigenvalue weighted by Crippen LogP contribution is 2.30. The summed E-state index contributed by atoms with van der Waals surface area (Å²) in [7, 11) is -3.16. The number of anilines is 2. The molecule has 0 saturated carbocycles. The second-order valence-electron chi connectivity index (χ2n) is 7.19. The van der Waals surface area contributed by atoms with E-state index < -0.39 is 10.0 Å². The van der Waals surface area contributed by atoms with E-state index in [9.17, 15) is 8.42 Å². The predicted octanol–water partition coefficient (Wildman–Crippen LogP) is 4.26. The summed E-state index contributed by atoms with van der Waals surface area (Å²) in [6, 6.07) is 16.0. The molecule has 1 fully saturated rings. The summed E-state index contributed by atoms with van der Waals surface area (Å²) in [4.78, 5) is 4.73. The van der Waals surface area contributed by atoms with E-state index in [1.54, 1.807) is 0 Å². The third kappa shape index (κ3) is 3.44. The van der Waals surface area contributed by atoms with E-state index in [-0.39, 0.29) is 5.75 Å². The Morgan fingerprint density at radius 3 is 2.71 bits per heavy atom. The van der Waals surface area contributed by atoms with Gasteiger partial charge in [-0.1, -0.05) is 37.3 Å². The number of para-hydroxylation sites is 1. The van der Waals surface area contributed by atoms with E-state index in [2.05, 4.69) is 25.2 Å². The molecule has 1 saturated heterocycles. The minimum Gasteiger partial charge on any atom is -0.380 e. The quantitative estimate of drug-likeness (QED) is 0.701. The van der Waals surface area contributed by atoms with Crippen LogP contribution in [0.3, 0.4) is 0 Å². The lowest BCUT2D eigenvalue weighted by atomic mass is 10.0. The summed E-state index contributed by atoms with van der Waals surface area (Å²) < 4.78 is 26.0. The maximum Gasteiger partial charge on any atom is 0.235 e. The van der Waals surface area contributed by atoms with Crippen molar-refractivity contribution in [2.24, 2.45) is 0 Å². The van der Waals surface area contributed by atoms with Crippen LogP contribution in [0.5, 0.6) is 0 Å². The van der Waals surface area contributed by atoms with Crippen molar-refractivity contribution in [3.05, 3.63) is 65.4 Å². The summed E-state index contributed by atoms with van der Waals surface area (Å²) in [5, 5.41) is 4.71. The average Bonchev–Trinajstić information content (AvgIpc) is 3.05. The van der Waals surface area contributed by atoms with Crippen molar-refractivity contribution in [2.45, 2.75) is 33.2 Å². The monoisotopic (exact) mass is 395 g/mol. The molecule has 2 aromatic carbocycles. The van der Waals surface area contributed by atoms with Crippen molar-refractivity contribution in [3.8, 4) is 0 Å². The number of pyridine rings is 1. The SMILES string of the molecule is CCc1c(C)nc2ccccc2c1NCc1cccc(N2CCCS2(=O)=O)c1. The largest absolute Gasteiger partial charge is 0.380 e. The van der Waals surface area contributed by atoms with Gasteiger partial charge >= 0.3 is 0 Å². The molecule has 2 heterocycles. The second kappa shape index (κ2) is 7.43. The molecular formula is C22H25N3O2S. The third-order valence-corrected chi connectivity index (χ3v) is 7.19. The maximum atomic E-state index is 12.2. The Bertz CT molecular complexity index is 1130. The zero-order valence-corrected chi connectivity index (χ0v) is 17.1. The summed E-state index contributed by atoms with van der Waals surface area (Å²) in [5.41, 5.74) is 6.17. The van der Waals surface area contributed by atoms with Gasteiger partial charge in [-0.15, -0.1) is 0 Å². The number of rotatable bonds is 5. The lowest BCUT2D eigenvalue weighted by Gasteiger charge is -2.19. The van der Waals surface area contributed by atoms with Gasteiger partial charge in [-0.2, -0.15) is 0 Å². The summed E-state index contributed by atoms with van der Waals surface area (Å²) in [5.74, 6) is 0.234. The molecule has 3 aromatic rings. The van der Waals surface area contributed by atoms with Gasteiger partial charge in [0.05, 0.1) is 17.0 Å². The number of aryl methyl sites for hydroxylation is 1. The van der Waals surface area contributed by atoms with Crippen molar-refractivity contribution >= 4 is 32.3 Å². The van der Waals surface area contributed by atoms with Crippen LogP contribution in [0.25, 0.3) is 10.9 Å². The minimum atomic E-state index is -3.16. The van der Waals surface area contributed by atoms with Gasteiger partial charge in [0.1, 0.15) is 0 Å². The van der Waals surface area contributed by atoms with Gasteiger partial charge in [-0.05, 0) is 49.1 Å². The first-order valence-electron chi connectivity index (χ1n) is 9.71. The number of nitrogens with zero attached hydrogens (tertiary/aromatic N) is 2. The Labute approximate surface area is 166 Å². The highest BCUT2D eigenvalue weighted by molar-refractivity contribution is 7.93. The Hall–Kier alpha value is -2.60. The number of hydrogen-bond acceptors (Lipinski definition) is 4. The average molecular weight is 396 g/mol. The minimum absolute atomic E-state index is 0.234. The van der Waals surface area contributed by atoms with Crippen molar-refractivity contribution in [2.75, 3.05) is 21.9 Å². The Balaban J connectivity index is 1.65. The van der Waals surface area contributed by atoms with Crippen LogP contribution in [0, 0.1) is 6.92 Å². The first kappa shape index (κ1) is 18.7. The summed E-state index contributed by atoms with van der Waals surface area (Å²) >= 11 is 0. The van der Waals surface area contributed by atoms with Crippen LogP contribution in [0.15, 0.2) is 48.5 Å². The van der Waals surface area contributed by atoms with Crippen LogP contribution in [-0.4, -0.2) is 25.7 Å². The van der Waals surface area contributed by atoms with Gasteiger partial charge in [-0.3, -0.25) is 9.29 Å². The number of hydrogen-bond donors (Lipinski definition) is 1. The number of sulfonamides is 1. The molecule has 1 N–H and O–H groups in total. The molecule has 1 aliphatic heterocycles. The molecule has 6 heteroatoms. The van der Waals surface area contributed by atoms with Crippen LogP contribution in [0.4, 0.5) is 11.4 Å². The van der Waals surface area contributed by atoms with Gasteiger partial charge in [0, 0.05) is 29.9 Å². The van der Waals surface area contributed by atoms with Gasteiger partial charge in [0.25, 0.3) is 0 Å². The molecule has 0 amide bonds. The molecule has 0 spiro atoms. The van der Waals surface area contributed by atoms with Crippen LogP contribution < -0.4 is 9.62 Å². The van der Waals surface area contributed by atoms with Crippen LogP contribution in [0.2, 0.25) is 0 Å². The van der Waals surface area contributed by atoms with E-state index in [0.29, 0.717) is 19.5 Å². The maximum absolute atomic E-state index is 12.2. The highest BCUT2D eigenvalue weighted by atomic mass is 32.2. The Morgan fingerprint density at radius 1 is 1.14 bits per heavy atom. The topological polar surface area (TPSA) is 62.3 Å². The van der Waals surface area contributed by atoms with E-state index in [0.717, 1.165) is 40.0 Å². The molecule has 0 bridgehead atoms. The van der Waals surface area contributed by atoms with Gasteiger partial charge < -0.3 is 5.32 Å². The lowest BCUT2D eigenvalue weighted by molar-refractivity contribution is 0.599. The molecule has 0 radical (unpaired) electrons. The number of fused-ring (bicyclic) bond motifs is 1. The van der Waals surface area contributed by atoms with E-state index in [1.165, 1.54) is 9.87 Å². The van der Waals surface area contributed by atoms with Gasteiger partial charge in [-0.25, -0.2) is 8.42 Å². The highest BCUT2D eigenvalue weighted by Gasteiger charge is 2.28.